The zero-order chi connectivity index (χ0) is 14.0. The third-order valence-corrected chi connectivity index (χ3v) is 2.66. The summed E-state index contributed by atoms with van der Waals surface area (Å²) < 4.78 is 65.1. The first kappa shape index (κ1) is 14.7. The molecule has 0 saturated carbocycles. The fourth-order valence-electron chi connectivity index (χ4n) is 0.983. The van der Waals surface area contributed by atoms with Crippen LogP contribution in [0.25, 0.3) is 0 Å². The lowest BCUT2D eigenvalue weighted by Gasteiger charge is -2.18. The van der Waals surface area contributed by atoms with Crippen molar-refractivity contribution in [1.82, 2.24) is 0 Å². The van der Waals surface area contributed by atoms with E-state index in [2.05, 4.69) is 4.74 Å². The quantitative estimate of drug-likeness (QED) is 0.368. The van der Waals surface area contributed by atoms with Gasteiger partial charge in [-0.25, -0.2) is 4.79 Å². The Kier molecular flexibility index (Phi) is 4.20. The largest absolute Gasteiger partial charge is 0.465 e. The molecule has 0 N–H and O–H groups in total. The molecule has 0 spiro atoms. The number of ether oxygens (including phenoxy) is 1. The second kappa shape index (κ2) is 5.13. The van der Waals surface area contributed by atoms with Crippen molar-refractivity contribution < 1.29 is 31.5 Å². The Bertz CT molecular complexity index is 444. The van der Waals surface area contributed by atoms with Crippen LogP contribution in [-0.4, -0.2) is 24.3 Å². The third kappa shape index (κ3) is 2.92. The van der Waals surface area contributed by atoms with Crippen LogP contribution in [0.15, 0.2) is 29.2 Å². The lowest BCUT2D eigenvalue weighted by atomic mass is 10.3. The summed E-state index contributed by atoms with van der Waals surface area (Å²) in [6.07, 6.45) is -4.41. The van der Waals surface area contributed by atoms with Gasteiger partial charge in [0.2, 0.25) is 0 Å². The molecule has 0 unspecified atom stereocenters. The summed E-state index contributed by atoms with van der Waals surface area (Å²) >= 11 is 1.05. The van der Waals surface area contributed by atoms with Crippen LogP contribution in [0.4, 0.5) is 22.0 Å². The standard InChI is InChI=1S/C10H7F5O2S/c1-18-7-5-3-2-4-6(7)17-8(16)9(11,12)10(13,14)15/h2-5H,1H3. The van der Waals surface area contributed by atoms with Gasteiger partial charge in [-0.2, -0.15) is 22.0 Å². The zero-order valence-electron chi connectivity index (χ0n) is 8.92. The van der Waals surface area contributed by atoms with Gasteiger partial charge in [0.15, 0.2) is 0 Å². The highest BCUT2D eigenvalue weighted by molar-refractivity contribution is 7.98. The molecule has 1 aromatic rings. The summed E-state index contributed by atoms with van der Waals surface area (Å²) in [6, 6.07) is 5.45. The summed E-state index contributed by atoms with van der Waals surface area (Å²) in [4.78, 5) is 11.1. The van der Waals surface area contributed by atoms with Crippen molar-refractivity contribution in [2.24, 2.45) is 0 Å². The van der Waals surface area contributed by atoms with E-state index in [9.17, 15) is 26.7 Å². The molecule has 1 aromatic carbocycles. The molecule has 2 nitrogen and oxygen atoms in total. The Balaban J connectivity index is 2.95. The maximum absolute atomic E-state index is 12.6. The van der Waals surface area contributed by atoms with Crippen molar-refractivity contribution in [2.45, 2.75) is 17.0 Å². The highest BCUT2D eigenvalue weighted by atomic mass is 32.2. The van der Waals surface area contributed by atoms with Gasteiger partial charge in [-0.3, -0.25) is 0 Å². The molecule has 0 atom stereocenters. The molecule has 0 bridgehead atoms. The van der Waals surface area contributed by atoms with Crippen LogP contribution in [-0.2, 0) is 4.79 Å². The molecule has 0 aromatic heterocycles. The molecular formula is C10H7F5O2S. The Hall–Kier alpha value is -1.31. The third-order valence-electron chi connectivity index (χ3n) is 1.88. The van der Waals surface area contributed by atoms with Gasteiger partial charge < -0.3 is 4.74 Å². The monoisotopic (exact) mass is 286 g/mol. The predicted octanol–water partition coefficient (Wildman–Crippen LogP) is 3.51. The van der Waals surface area contributed by atoms with Crippen molar-refractivity contribution in [1.29, 1.82) is 0 Å². The van der Waals surface area contributed by atoms with E-state index in [-0.39, 0.29) is 10.6 Å². The number of hydrogen-bond acceptors (Lipinski definition) is 3. The normalized spacial score (nSPS) is 12.3. The zero-order valence-corrected chi connectivity index (χ0v) is 9.74. The van der Waals surface area contributed by atoms with Gasteiger partial charge >= 0.3 is 18.1 Å². The summed E-state index contributed by atoms with van der Waals surface area (Å²) in [7, 11) is 0. The Labute approximate surface area is 103 Å². The molecule has 8 heteroatoms. The van der Waals surface area contributed by atoms with Crippen LogP contribution in [0.3, 0.4) is 0 Å². The second-order valence-corrected chi connectivity index (χ2v) is 3.96. The summed E-state index contributed by atoms with van der Waals surface area (Å²) in [5.41, 5.74) is 0. The van der Waals surface area contributed by atoms with E-state index in [0.29, 0.717) is 0 Å². The first-order valence-electron chi connectivity index (χ1n) is 4.50. The minimum atomic E-state index is -5.97. The SMILES string of the molecule is CSc1ccccc1OC(=O)C(F)(F)C(F)(F)F. The molecule has 0 fully saturated rings. The van der Waals surface area contributed by atoms with Crippen molar-refractivity contribution in [3.05, 3.63) is 24.3 Å². The molecule has 0 aliphatic heterocycles. The lowest BCUT2D eigenvalue weighted by molar-refractivity contribution is -0.276. The highest BCUT2D eigenvalue weighted by Crippen LogP contribution is 2.37. The number of rotatable bonds is 3. The highest BCUT2D eigenvalue weighted by Gasteiger charge is 2.65. The molecule has 18 heavy (non-hydrogen) atoms. The molecule has 1 rings (SSSR count). The maximum atomic E-state index is 12.6. The molecule has 0 saturated heterocycles. The summed E-state index contributed by atoms with van der Waals surface area (Å²) in [5, 5.41) is 0. The average Bonchev–Trinajstić information content (AvgIpc) is 2.28. The van der Waals surface area contributed by atoms with Gasteiger partial charge in [0.05, 0.1) is 0 Å². The predicted molar refractivity (Wildman–Crippen MR) is 54.9 cm³/mol. The number of carbonyl (C=O) groups excluding carboxylic acids is 1. The minimum absolute atomic E-state index is 0.281. The van der Waals surface area contributed by atoms with E-state index in [4.69, 9.17) is 0 Å². The van der Waals surface area contributed by atoms with E-state index in [1.165, 1.54) is 18.2 Å². The van der Waals surface area contributed by atoms with Gasteiger partial charge in [0, 0.05) is 4.90 Å². The topological polar surface area (TPSA) is 26.3 Å². The molecule has 0 radical (unpaired) electrons. The van der Waals surface area contributed by atoms with Gasteiger partial charge in [-0.05, 0) is 18.4 Å². The number of para-hydroxylation sites is 1. The first-order valence-corrected chi connectivity index (χ1v) is 5.72. The lowest BCUT2D eigenvalue weighted by Crippen LogP contribution is -2.46. The van der Waals surface area contributed by atoms with Gasteiger partial charge in [0.1, 0.15) is 5.75 Å². The molecule has 100 valence electrons. The van der Waals surface area contributed by atoms with Crippen molar-refractivity contribution in [3.8, 4) is 5.75 Å². The fourth-order valence-corrected chi connectivity index (χ4v) is 1.51. The molecule has 0 aliphatic carbocycles. The molecular weight excluding hydrogens is 279 g/mol. The van der Waals surface area contributed by atoms with Crippen LogP contribution in [0.2, 0.25) is 0 Å². The van der Waals surface area contributed by atoms with E-state index < -0.39 is 18.1 Å². The number of hydrogen-bond donors (Lipinski definition) is 0. The van der Waals surface area contributed by atoms with Gasteiger partial charge in [0.25, 0.3) is 0 Å². The van der Waals surface area contributed by atoms with Crippen LogP contribution in [0.1, 0.15) is 0 Å². The molecule has 0 amide bonds. The van der Waals surface area contributed by atoms with Gasteiger partial charge in [-0.15, -0.1) is 11.8 Å². The van der Waals surface area contributed by atoms with Gasteiger partial charge in [-0.1, -0.05) is 12.1 Å². The number of carbonyl (C=O) groups is 1. The van der Waals surface area contributed by atoms with E-state index >= 15 is 0 Å². The first-order chi connectivity index (χ1) is 8.20. The Morgan fingerprint density at radius 1 is 1.17 bits per heavy atom. The number of halogens is 5. The smallest absolute Gasteiger partial charge is 0.421 e. The van der Waals surface area contributed by atoms with E-state index in [0.717, 1.165) is 17.8 Å². The summed E-state index contributed by atoms with van der Waals surface area (Å²) in [5.74, 6) is -8.51. The van der Waals surface area contributed by atoms with Crippen molar-refractivity contribution in [3.63, 3.8) is 0 Å². The number of alkyl halides is 5. The Morgan fingerprint density at radius 3 is 2.22 bits per heavy atom. The number of esters is 1. The van der Waals surface area contributed by atoms with E-state index in [1.807, 2.05) is 0 Å². The number of thioether (sulfide) groups is 1. The molecule has 0 heterocycles. The fraction of sp³-hybridized carbons (Fsp3) is 0.300. The second-order valence-electron chi connectivity index (χ2n) is 3.11. The van der Waals surface area contributed by atoms with E-state index in [1.54, 1.807) is 6.26 Å². The molecule has 0 aliphatic rings. The van der Waals surface area contributed by atoms with Crippen molar-refractivity contribution in [2.75, 3.05) is 6.26 Å². The summed E-state index contributed by atoms with van der Waals surface area (Å²) in [6.45, 7) is 0. The maximum Gasteiger partial charge on any atom is 0.465 e. The average molecular weight is 286 g/mol. The minimum Gasteiger partial charge on any atom is -0.421 e. The Morgan fingerprint density at radius 2 is 1.72 bits per heavy atom. The van der Waals surface area contributed by atoms with Crippen LogP contribution in [0, 0.1) is 0 Å². The number of benzene rings is 1. The van der Waals surface area contributed by atoms with Crippen LogP contribution < -0.4 is 4.74 Å². The van der Waals surface area contributed by atoms with Crippen LogP contribution in [0.5, 0.6) is 5.75 Å². The van der Waals surface area contributed by atoms with Crippen LogP contribution >= 0.6 is 11.8 Å². The van der Waals surface area contributed by atoms with Crippen molar-refractivity contribution >= 4 is 17.7 Å².